The summed E-state index contributed by atoms with van der Waals surface area (Å²) in [5.74, 6) is 1.72. The molecule has 2 fully saturated rings. The zero-order chi connectivity index (χ0) is 13.0. The molecule has 2 aliphatic rings. The van der Waals surface area contributed by atoms with Crippen LogP contribution >= 0.6 is 0 Å². The Morgan fingerprint density at radius 1 is 0.944 bits per heavy atom. The third-order valence-electron chi connectivity index (χ3n) is 5.72. The van der Waals surface area contributed by atoms with Gasteiger partial charge in [0.1, 0.15) is 5.78 Å². The second-order valence-corrected chi connectivity index (χ2v) is 6.75. The van der Waals surface area contributed by atoms with Crippen LogP contribution < -0.4 is 0 Å². The van der Waals surface area contributed by atoms with E-state index >= 15 is 0 Å². The predicted molar refractivity (Wildman–Crippen MR) is 76.6 cm³/mol. The van der Waals surface area contributed by atoms with E-state index < -0.39 is 0 Å². The summed E-state index contributed by atoms with van der Waals surface area (Å²) in [6.07, 6.45) is 14.5. The van der Waals surface area contributed by atoms with Crippen LogP contribution in [0.1, 0.15) is 84.5 Å². The van der Waals surface area contributed by atoms with Crippen molar-refractivity contribution in [1.29, 1.82) is 0 Å². The molecule has 1 nitrogen and oxygen atoms in total. The van der Waals surface area contributed by atoms with E-state index in [1.807, 2.05) is 0 Å². The van der Waals surface area contributed by atoms with Gasteiger partial charge in [-0.25, -0.2) is 0 Å². The summed E-state index contributed by atoms with van der Waals surface area (Å²) in [4.78, 5) is 12.4. The lowest BCUT2D eigenvalue weighted by Gasteiger charge is -2.52. The van der Waals surface area contributed by atoms with Crippen molar-refractivity contribution in [2.75, 3.05) is 0 Å². The average molecular weight is 250 g/mol. The lowest BCUT2D eigenvalue weighted by molar-refractivity contribution is -0.157. The quantitative estimate of drug-likeness (QED) is 0.630. The molecule has 104 valence electrons. The summed E-state index contributed by atoms with van der Waals surface area (Å²) in [6, 6.07) is 0. The number of carbonyl (C=O) groups is 1. The molecule has 18 heavy (non-hydrogen) atoms. The first-order chi connectivity index (χ1) is 8.70. The van der Waals surface area contributed by atoms with Gasteiger partial charge in [-0.2, -0.15) is 0 Å². The lowest BCUT2D eigenvalue weighted by Crippen LogP contribution is -2.55. The van der Waals surface area contributed by atoms with Gasteiger partial charge >= 0.3 is 0 Å². The summed E-state index contributed by atoms with van der Waals surface area (Å²) in [7, 11) is 0. The Balaban J connectivity index is 1.96. The van der Waals surface area contributed by atoms with Gasteiger partial charge in [-0.05, 0) is 25.2 Å². The molecule has 2 rings (SSSR count). The smallest absolute Gasteiger partial charge is 0.142 e. The van der Waals surface area contributed by atoms with Crippen LogP contribution in [0, 0.1) is 17.3 Å². The van der Waals surface area contributed by atoms with Crippen molar-refractivity contribution in [2.24, 2.45) is 17.3 Å². The Labute approximate surface area is 113 Å². The fraction of sp³-hybridized carbons (Fsp3) is 0.941. The second-order valence-electron chi connectivity index (χ2n) is 6.75. The number of Topliss-reactive ketones (excluding diaryl/α,β-unsaturated/α-hetero) is 1. The van der Waals surface area contributed by atoms with Gasteiger partial charge in [-0.3, -0.25) is 4.79 Å². The standard InChI is InChI=1S/C17H30O/c1-3-17(2)15-13-11-9-7-5-4-6-8-10-12-14(15)16(17)18/h14-15H,3-13H2,1-2H3. The van der Waals surface area contributed by atoms with Gasteiger partial charge in [0, 0.05) is 11.3 Å². The fourth-order valence-corrected chi connectivity index (χ4v) is 4.21. The van der Waals surface area contributed by atoms with Gasteiger partial charge in [0.25, 0.3) is 0 Å². The minimum absolute atomic E-state index is 0.0365. The molecule has 0 N–H and O–H groups in total. The summed E-state index contributed by atoms with van der Waals surface area (Å²) in [5, 5.41) is 0. The molecule has 1 heteroatoms. The van der Waals surface area contributed by atoms with Crippen LogP contribution in [0.3, 0.4) is 0 Å². The van der Waals surface area contributed by atoms with Gasteiger partial charge in [0.2, 0.25) is 0 Å². The van der Waals surface area contributed by atoms with Crippen LogP contribution in [-0.2, 0) is 4.79 Å². The van der Waals surface area contributed by atoms with Crippen molar-refractivity contribution in [3.8, 4) is 0 Å². The Hall–Kier alpha value is -0.330. The molecule has 0 bridgehead atoms. The van der Waals surface area contributed by atoms with E-state index in [9.17, 15) is 4.79 Å². The number of rotatable bonds is 1. The third kappa shape index (κ3) is 2.65. The number of fused-ring (bicyclic) bond motifs is 1. The highest BCUT2D eigenvalue weighted by Gasteiger charge is 2.55. The minimum Gasteiger partial charge on any atom is -0.299 e. The molecular formula is C17H30O. The van der Waals surface area contributed by atoms with E-state index in [1.165, 1.54) is 64.2 Å². The lowest BCUT2D eigenvalue weighted by atomic mass is 9.50. The average Bonchev–Trinajstić information content (AvgIpc) is 2.38. The maximum absolute atomic E-state index is 12.4. The molecule has 0 heterocycles. The molecule has 0 amide bonds. The zero-order valence-electron chi connectivity index (χ0n) is 12.3. The molecule has 3 atom stereocenters. The molecule has 0 spiro atoms. The Kier molecular flexibility index (Phi) is 4.86. The van der Waals surface area contributed by atoms with Crippen LogP contribution in [0.4, 0.5) is 0 Å². The number of carbonyl (C=O) groups excluding carboxylic acids is 1. The minimum atomic E-state index is 0.0365. The first-order valence-corrected chi connectivity index (χ1v) is 8.24. The molecule has 0 aromatic carbocycles. The number of ketones is 1. The summed E-state index contributed by atoms with van der Waals surface area (Å²) in [6.45, 7) is 4.42. The number of hydrogen-bond donors (Lipinski definition) is 0. The van der Waals surface area contributed by atoms with Crippen LogP contribution in [-0.4, -0.2) is 5.78 Å². The molecule has 0 aromatic heterocycles. The SMILES string of the molecule is CCC1(C)C(=O)C2CCCCCCCCCCC21. The molecule has 2 aliphatic carbocycles. The molecule has 2 saturated carbocycles. The molecule has 0 saturated heterocycles. The van der Waals surface area contributed by atoms with Gasteiger partial charge in [0.05, 0.1) is 0 Å². The summed E-state index contributed by atoms with van der Waals surface area (Å²) in [5.41, 5.74) is 0.0365. The first kappa shape index (κ1) is 14.1. The molecule has 3 unspecified atom stereocenters. The largest absolute Gasteiger partial charge is 0.299 e. The van der Waals surface area contributed by atoms with Crippen molar-refractivity contribution in [1.82, 2.24) is 0 Å². The van der Waals surface area contributed by atoms with Gasteiger partial charge in [-0.1, -0.05) is 65.2 Å². The van der Waals surface area contributed by atoms with Crippen molar-refractivity contribution < 1.29 is 4.79 Å². The second kappa shape index (κ2) is 6.21. The van der Waals surface area contributed by atoms with Crippen LogP contribution in [0.15, 0.2) is 0 Å². The Morgan fingerprint density at radius 3 is 2.00 bits per heavy atom. The fourth-order valence-electron chi connectivity index (χ4n) is 4.21. The zero-order valence-corrected chi connectivity index (χ0v) is 12.3. The normalized spacial score (nSPS) is 39.1. The van der Waals surface area contributed by atoms with Crippen LogP contribution in [0.2, 0.25) is 0 Å². The third-order valence-corrected chi connectivity index (χ3v) is 5.72. The molecule has 0 aliphatic heterocycles. The molecule has 0 radical (unpaired) electrons. The topological polar surface area (TPSA) is 17.1 Å². The molecule has 0 aromatic rings. The van der Waals surface area contributed by atoms with Crippen LogP contribution in [0.5, 0.6) is 0 Å². The van der Waals surface area contributed by atoms with E-state index in [4.69, 9.17) is 0 Å². The van der Waals surface area contributed by atoms with Crippen molar-refractivity contribution >= 4 is 5.78 Å². The molecular weight excluding hydrogens is 220 g/mol. The summed E-state index contributed by atoms with van der Waals surface area (Å²) < 4.78 is 0. The Bertz CT molecular complexity index is 283. The summed E-state index contributed by atoms with van der Waals surface area (Å²) >= 11 is 0. The highest BCUT2D eigenvalue weighted by atomic mass is 16.1. The Morgan fingerprint density at radius 2 is 1.44 bits per heavy atom. The monoisotopic (exact) mass is 250 g/mol. The van der Waals surface area contributed by atoms with E-state index in [0.717, 1.165) is 6.42 Å². The highest BCUT2D eigenvalue weighted by molar-refractivity contribution is 5.93. The van der Waals surface area contributed by atoms with E-state index in [1.54, 1.807) is 0 Å². The highest BCUT2D eigenvalue weighted by Crippen LogP contribution is 2.54. The predicted octanol–water partition coefficient (Wildman–Crippen LogP) is 5.13. The van der Waals surface area contributed by atoms with Gasteiger partial charge in [0.15, 0.2) is 0 Å². The maximum Gasteiger partial charge on any atom is 0.142 e. The van der Waals surface area contributed by atoms with E-state index in [2.05, 4.69) is 13.8 Å². The van der Waals surface area contributed by atoms with E-state index in [-0.39, 0.29) is 5.41 Å². The number of hydrogen-bond acceptors (Lipinski definition) is 1. The maximum atomic E-state index is 12.4. The van der Waals surface area contributed by atoms with Gasteiger partial charge < -0.3 is 0 Å². The van der Waals surface area contributed by atoms with Crippen molar-refractivity contribution in [3.05, 3.63) is 0 Å². The first-order valence-electron chi connectivity index (χ1n) is 8.24. The van der Waals surface area contributed by atoms with Crippen LogP contribution in [0.25, 0.3) is 0 Å². The van der Waals surface area contributed by atoms with Crippen molar-refractivity contribution in [3.63, 3.8) is 0 Å². The van der Waals surface area contributed by atoms with E-state index in [0.29, 0.717) is 17.6 Å². The van der Waals surface area contributed by atoms with Crippen molar-refractivity contribution in [2.45, 2.75) is 84.5 Å². The van der Waals surface area contributed by atoms with Gasteiger partial charge in [-0.15, -0.1) is 0 Å².